The molecule has 3 aromatic rings. The van der Waals surface area contributed by atoms with Crippen molar-refractivity contribution >= 4 is 23.6 Å². The maximum absolute atomic E-state index is 12.9. The second kappa shape index (κ2) is 8.43. The van der Waals surface area contributed by atoms with Gasteiger partial charge in [-0.05, 0) is 50.2 Å². The number of amides is 2. The van der Waals surface area contributed by atoms with Gasteiger partial charge in [0.2, 0.25) is 5.78 Å². The molecular formula is C26H22N2O7. The van der Waals surface area contributed by atoms with Crippen LogP contribution in [0.4, 0.5) is 0 Å². The smallest absolute Gasteiger partial charge is 0.338 e. The summed E-state index contributed by atoms with van der Waals surface area (Å²) in [6.45, 7) is 4.21. The van der Waals surface area contributed by atoms with Crippen molar-refractivity contribution < 1.29 is 33.4 Å². The fourth-order valence-electron chi connectivity index (χ4n) is 4.39. The van der Waals surface area contributed by atoms with Gasteiger partial charge in [0.15, 0.2) is 18.1 Å². The van der Waals surface area contributed by atoms with Gasteiger partial charge in [-0.25, -0.2) is 4.79 Å². The number of hydrogen-bond acceptors (Lipinski definition) is 7. The zero-order valence-electron chi connectivity index (χ0n) is 19.4. The van der Waals surface area contributed by atoms with E-state index in [9.17, 15) is 19.2 Å². The second-order valence-corrected chi connectivity index (χ2v) is 8.38. The van der Waals surface area contributed by atoms with Crippen molar-refractivity contribution in [2.75, 3.05) is 26.9 Å². The molecule has 2 amide bonds. The summed E-state index contributed by atoms with van der Waals surface area (Å²) in [5.74, 6) is -0.700. The maximum Gasteiger partial charge on any atom is 0.338 e. The third-order valence-corrected chi connectivity index (χ3v) is 6.18. The summed E-state index contributed by atoms with van der Waals surface area (Å²) >= 11 is 0. The number of esters is 1. The van der Waals surface area contributed by atoms with Crippen LogP contribution in [-0.4, -0.2) is 59.9 Å². The van der Waals surface area contributed by atoms with Crippen molar-refractivity contribution in [2.45, 2.75) is 13.8 Å². The van der Waals surface area contributed by atoms with Gasteiger partial charge in [0.05, 0.1) is 16.7 Å². The number of ether oxygens (including phenoxy) is 3. The van der Waals surface area contributed by atoms with E-state index in [1.54, 1.807) is 6.07 Å². The van der Waals surface area contributed by atoms with Gasteiger partial charge in [0.25, 0.3) is 11.8 Å². The predicted octanol–water partition coefficient (Wildman–Crippen LogP) is 3.13. The molecule has 2 aromatic carbocycles. The second-order valence-electron chi connectivity index (χ2n) is 8.38. The average Bonchev–Trinajstić information content (AvgIpc) is 3.29. The normalized spacial score (nSPS) is 14.2. The minimum atomic E-state index is -0.753. The minimum Gasteiger partial charge on any atom is -0.486 e. The van der Waals surface area contributed by atoms with E-state index in [0.717, 1.165) is 16.3 Å². The molecule has 0 fully saturated rings. The fourth-order valence-corrected chi connectivity index (χ4v) is 4.39. The van der Waals surface area contributed by atoms with E-state index in [1.807, 2.05) is 36.6 Å². The molecule has 2 aliphatic heterocycles. The van der Waals surface area contributed by atoms with Gasteiger partial charge in [-0.3, -0.25) is 19.3 Å². The number of imide groups is 1. The Morgan fingerprint density at radius 1 is 0.914 bits per heavy atom. The molecule has 0 bridgehead atoms. The van der Waals surface area contributed by atoms with Crippen LogP contribution < -0.4 is 9.47 Å². The molecule has 2 aliphatic rings. The van der Waals surface area contributed by atoms with Crippen molar-refractivity contribution in [1.29, 1.82) is 0 Å². The molecule has 0 atom stereocenters. The van der Waals surface area contributed by atoms with Gasteiger partial charge >= 0.3 is 5.97 Å². The Kier molecular flexibility index (Phi) is 5.39. The summed E-state index contributed by atoms with van der Waals surface area (Å²) in [6, 6.07) is 11.5. The molecule has 0 unspecified atom stereocenters. The van der Waals surface area contributed by atoms with E-state index in [1.165, 1.54) is 25.2 Å². The summed E-state index contributed by atoms with van der Waals surface area (Å²) in [5, 5.41) is 0. The number of ketones is 1. The molecule has 0 N–H and O–H groups in total. The Hall–Kier alpha value is -4.40. The van der Waals surface area contributed by atoms with E-state index in [-0.39, 0.29) is 22.5 Å². The Morgan fingerprint density at radius 2 is 1.63 bits per heavy atom. The number of rotatable bonds is 5. The van der Waals surface area contributed by atoms with Crippen molar-refractivity contribution in [2.24, 2.45) is 0 Å². The summed E-state index contributed by atoms with van der Waals surface area (Å²) in [6.07, 6.45) is 0. The van der Waals surface area contributed by atoms with Gasteiger partial charge in [-0.2, -0.15) is 0 Å². The van der Waals surface area contributed by atoms with E-state index < -0.39 is 24.4 Å². The molecule has 0 aliphatic carbocycles. The molecule has 9 heteroatoms. The van der Waals surface area contributed by atoms with E-state index >= 15 is 0 Å². The van der Waals surface area contributed by atoms with Gasteiger partial charge in [-0.1, -0.05) is 0 Å². The van der Waals surface area contributed by atoms with Crippen molar-refractivity contribution in [1.82, 2.24) is 9.47 Å². The van der Waals surface area contributed by atoms with Crippen LogP contribution in [0.2, 0.25) is 0 Å². The largest absolute Gasteiger partial charge is 0.486 e. The van der Waals surface area contributed by atoms with Crippen molar-refractivity contribution in [3.05, 3.63) is 76.1 Å². The molecule has 3 heterocycles. The number of aromatic nitrogens is 1. The number of carbonyl (C=O) groups is 4. The Morgan fingerprint density at radius 3 is 2.40 bits per heavy atom. The number of fused-ring (bicyclic) bond motifs is 2. The zero-order chi connectivity index (χ0) is 24.9. The van der Waals surface area contributed by atoms with Crippen molar-refractivity contribution in [3.8, 4) is 17.2 Å². The lowest BCUT2D eigenvalue weighted by Gasteiger charge is -2.20. The van der Waals surface area contributed by atoms with E-state index in [2.05, 4.69) is 0 Å². The Balaban J connectivity index is 1.32. The van der Waals surface area contributed by atoms with Gasteiger partial charge in [0, 0.05) is 35.8 Å². The zero-order valence-corrected chi connectivity index (χ0v) is 19.4. The molecule has 1 aromatic heterocycles. The molecule has 0 spiro atoms. The van der Waals surface area contributed by atoms with Crippen molar-refractivity contribution in [3.63, 3.8) is 0 Å². The van der Waals surface area contributed by atoms with Crippen LogP contribution in [0.3, 0.4) is 0 Å². The first kappa shape index (κ1) is 22.4. The number of benzene rings is 2. The number of aryl methyl sites for hydroxylation is 1. The maximum atomic E-state index is 12.9. The highest BCUT2D eigenvalue weighted by molar-refractivity contribution is 6.21. The Bertz CT molecular complexity index is 1420. The summed E-state index contributed by atoms with van der Waals surface area (Å²) < 4.78 is 18.4. The Labute approximate surface area is 200 Å². The first-order valence-corrected chi connectivity index (χ1v) is 11.0. The third kappa shape index (κ3) is 3.74. The quantitative estimate of drug-likeness (QED) is 0.318. The summed E-state index contributed by atoms with van der Waals surface area (Å²) in [4.78, 5) is 50.7. The van der Waals surface area contributed by atoms with Crippen LogP contribution in [0.15, 0.2) is 42.5 Å². The third-order valence-electron chi connectivity index (χ3n) is 6.18. The van der Waals surface area contributed by atoms with Crippen LogP contribution in [0, 0.1) is 13.8 Å². The molecular weight excluding hydrogens is 452 g/mol. The summed E-state index contributed by atoms with van der Waals surface area (Å²) in [7, 11) is 1.38. The molecule has 0 saturated carbocycles. The summed E-state index contributed by atoms with van der Waals surface area (Å²) in [5.41, 5.74) is 3.25. The standard InChI is InChI=1S/C26H22N2O7/c1-14-10-19(15(2)28(14)17-5-7-22-23(12-17)34-9-8-33-22)21(29)13-35-26(32)16-4-6-18-20(11-16)25(31)27(3)24(18)30/h4-7,10-12H,8-9,13H2,1-3H3. The van der Waals surface area contributed by atoms with Gasteiger partial charge < -0.3 is 18.8 Å². The molecule has 0 saturated heterocycles. The first-order chi connectivity index (χ1) is 16.8. The molecule has 0 radical (unpaired) electrons. The monoisotopic (exact) mass is 474 g/mol. The van der Waals surface area contributed by atoms with Gasteiger partial charge in [-0.15, -0.1) is 0 Å². The van der Waals surface area contributed by atoms with Crippen LogP contribution in [0.25, 0.3) is 5.69 Å². The first-order valence-electron chi connectivity index (χ1n) is 11.0. The van der Waals surface area contributed by atoms with E-state index in [0.29, 0.717) is 36.0 Å². The molecule has 9 nitrogen and oxygen atoms in total. The molecule has 5 rings (SSSR count). The minimum absolute atomic E-state index is 0.0924. The highest BCUT2D eigenvalue weighted by Gasteiger charge is 2.33. The lowest BCUT2D eigenvalue weighted by Crippen LogP contribution is -2.24. The van der Waals surface area contributed by atoms with E-state index in [4.69, 9.17) is 14.2 Å². The van der Waals surface area contributed by atoms with Crippen LogP contribution in [-0.2, 0) is 4.74 Å². The molecule has 35 heavy (non-hydrogen) atoms. The van der Waals surface area contributed by atoms with Crippen LogP contribution in [0.1, 0.15) is 52.8 Å². The topological polar surface area (TPSA) is 104 Å². The lowest BCUT2D eigenvalue weighted by atomic mass is 10.1. The highest BCUT2D eigenvalue weighted by Crippen LogP contribution is 2.33. The van der Waals surface area contributed by atoms with Gasteiger partial charge in [0.1, 0.15) is 13.2 Å². The number of nitrogens with zero attached hydrogens (tertiary/aromatic N) is 2. The van der Waals surface area contributed by atoms with Crippen LogP contribution in [0.5, 0.6) is 11.5 Å². The predicted molar refractivity (Wildman–Crippen MR) is 124 cm³/mol. The SMILES string of the molecule is Cc1cc(C(=O)COC(=O)c2ccc3c(c2)C(=O)N(C)C3=O)c(C)n1-c1ccc2c(c1)OCCO2. The molecule has 178 valence electrons. The fraction of sp³-hybridized carbons (Fsp3) is 0.231. The highest BCUT2D eigenvalue weighted by atomic mass is 16.6. The number of Topliss-reactive ketones (excluding diaryl/α,β-unsaturated/α-hetero) is 1. The number of hydrogen-bond donors (Lipinski definition) is 0. The van der Waals surface area contributed by atoms with Crippen LogP contribution >= 0.6 is 0 Å². The number of carbonyl (C=O) groups excluding carboxylic acids is 4. The average molecular weight is 474 g/mol. The lowest BCUT2D eigenvalue weighted by molar-refractivity contribution is 0.0474.